The molecule has 0 aliphatic heterocycles. The summed E-state index contributed by atoms with van der Waals surface area (Å²) in [5.74, 6) is 0.426. The third-order valence-electron chi connectivity index (χ3n) is 3.84. The van der Waals surface area contributed by atoms with Crippen LogP contribution in [-0.4, -0.2) is 16.6 Å². The van der Waals surface area contributed by atoms with Crippen LogP contribution in [0.25, 0.3) is 0 Å². The van der Waals surface area contributed by atoms with Crippen LogP contribution in [0.15, 0.2) is 48.5 Å². The van der Waals surface area contributed by atoms with Crippen LogP contribution >= 0.6 is 34.8 Å². The lowest BCUT2D eigenvalue weighted by Crippen LogP contribution is -2.46. The van der Waals surface area contributed by atoms with Crippen molar-refractivity contribution >= 4 is 51.6 Å². The lowest BCUT2D eigenvalue weighted by molar-refractivity contribution is 0.102. The van der Waals surface area contributed by atoms with Crippen molar-refractivity contribution in [3.05, 3.63) is 57.7 Å². The van der Waals surface area contributed by atoms with E-state index in [2.05, 4.69) is 67.8 Å². The molecule has 0 bridgehead atoms. The van der Waals surface area contributed by atoms with E-state index in [1.54, 1.807) is 24.3 Å². The summed E-state index contributed by atoms with van der Waals surface area (Å²) in [6.07, 6.45) is 0.946. The van der Waals surface area contributed by atoms with Crippen molar-refractivity contribution in [1.82, 2.24) is 5.32 Å². The maximum atomic E-state index is 12.4. The molecule has 2 N–H and O–H groups in total. The van der Waals surface area contributed by atoms with Gasteiger partial charge in [-0.1, -0.05) is 20.8 Å². The highest BCUT2D eigenvalue weighted by Crippen LogP contribution is 2.27. The van der Waals surface area contributed by atoms with Crippen LogP contribution in [0, 0.1) is 8.99 Å². The Labute approximate surface area is 186 Å². The Balaban J connectivity index is 1.93. The second kappa shape index (κ2) is 9.22. The highest BCUT2D eigenvalue weighted by atomic mass is 127. The van der Waals surface area contributed by atoms with Crippen molar-refractivity contribution in [2.45, 2.75) is 46.6 Å². The van der Waals surface area contributed by atoms with Crippen LogP contribution in [0.3, 0.4) is 0 Å². The van der Waals surface area contributed by atoms with Crippen LogP contribution in [0.1, 0.15) is 51.4 Å². The lowest BCUT2D eigenvalue weighted by Gasteiger charge is -2.33. The SMILES string of the molecule is CC(C)(C)CC(C)(C)NC(=S)Oc1ccc(C(=O)Nc2ccc(I)cc2)cc1. The molecule has 2 rings (SSSR count). The average molecular weight is 510 g/mol. The van der Waals surface area contributed by atoms with Gasteiger partial charge in [0.25, 0.3) is 11.1 Å². The number of hydrogen-bond donors (Lipinski definition) is 2. The zero-order valence-electron chi connectivity index (χ0n) is 16.9. The summed E-state index contributed by atoms with van der Waals surface area (Å²) in [7, 11) is 0. The first-order chi connectivity index (χ1) is 12.9. The number of carbonyl (C=O) groups excluding carboxylic acids is 1. The van der Waals surface area contributed by atoms with Gasteiger partial charge in [0, 0.05) is 20.4 Å². The third kappa shape index (κ3) is 7.75. The number of ether oxygens (including phenoxy) is 1. The molecule has 2 aromatic carbocycles. The molecule has 0 aromatic heterocycles. The van der Waals surface area contributed by atoms with Crippen molar-refractivity contribution < 1.29 is 9.53 Å². The van der Waals surface area contributed by atoms with Gasteiger partial charge in [-0.05, 0) is 109 Å². The molecule has 1 amide bonds. The molecule has 4 nitrogen and oxygen atoms in total. The third-order valence-corrected chi connectivity index (χ3v) is 4.75. The van der Waals surface area contributed by atoms with E-state index in [1.807, 2.05) is 24.3 Å². The van der Waals surface area contributed by atoms with E-state index in [0.717, 1.165) is 15.7 Å². The van der Waals surface area contributed by atoms with Gasteiger partial charge in [0.15, 0.2) is 0 Å². The number of amides is 1. The van der Waals surface area contributed by atoms with Gasteiger partial charge < -0.3 is 15.4 Å². The molecule has 0 fully saturated rings. The van der Waals surface area contributed by atoms with Gasteiger partial charge in [0.05, 0.1) is 0 Å². The van der Waals surface area contributed by atoms with Gasteiger partial charge in [-0.3, -0.25) is 4.79 Å². The van der Waals surface area contributed by atoms with E-state index in [4.69, 9.17) is 17.0 Å². The maximum absolute atomic E-state index is 12.4. The van der Waals surface area contributed by atoms with Crippen LogP contribution in [0.2, 0.25) is 0 Å². The van der Waals surface area contributed by atoms with E-state index >= 15 is 0 Å². The Morgan fingerprint density at radius 2 is 1.57 bits per heavy atom. The molecule has 0 heterocycles. The second-order valence-electron chi connectivity index (χ2n) is 8.62. The number of benzene rings is 2. The molecule has 6 heteroatoms. The highest BCUT2D eigenvalue weighted by molar-refractivity contribution is 14.1. The number of anilines is 1. The van der Waals surface area contributed by atoms with Gasteiger partial charge in [-0.2, -0.15) is 0 Å². The van der Waals surface area contributed by atoms with E-state index in [1.165, 1.54) is 0 Å². The summed E-state index contributed by atoms with van der Waals surface area (Å²) >= 11 is 7.57. The minimum absolute atomic E-state index is 0.167. The normalized spacial score (nSPS) is 11.6. The fraction of sp³-hybridized carbons (Fsp3) is 0.364. The molecule has 0 atom stereocenters. The van der Waals surface area contributed by atoms with E-state index in [-0.39, 0.29) is 16.9 Å². The molecule has 0 unspecified atom stereocenters. The second-order valence-corrected chi connectivity index (χ2v) is 10.2. The number of nitrogens with one attached hydrogen (secondary N) is 2. The molecule has 0 saturated carbocycles. The summed E-state index contributed by atoms with van der Waals surface area (Å²) in [4.78, 5) is 12.4. The summed E-state index contributed by atoms with van der Waals surface area (Å²) < 4.78 is 6.84. The van der Waals surface area contributed by atoms with Crippen LogP contribution in [-0.2, 0) is 0 Å². The molecule has 28 heavy (non-hydrogen) atoms. The highest BCUT2D eigenvalue weighted by Gasteiger charge is 2.26. The van der Waals surface area contributed by atoms with E-state index in [9.17, 15) is 4.79 Å². The average Bonchev–Trinajstić information content (AvgIpc) is 2.54. The number of hydrogen-bond acceptors (Lipinski definition) is 3. The molecule has 0 radical (unpaired) electrons. The molecule has 2 aromatic rings. The van der Waals surface area contributed by atoms with Crippen molar-refractivity contribution in [3.63, 3.8) is 0 Å². The Morgan fingerprint density at radius 1 is 1.00 bits per heavy atom. The molecule has 150 valence electrons. The Kier molecular flexibility index (Phi) is 7.45. The van der Waals surface area contributed by atoms with Gasteiger partial charge in [0.2, 0.25) is 0 Å². The first-order valence-corrected chi connectivity index (χ1v) is 10.6. The van der Waals surface area contributed by atoms with Crippen molar-refractivity contribution in [3.8, 4) is 5.75 Å². The number of carbonyl (C=O) groups is 1. The monoisotopic (exact) mass is 510 g/mol. The van der Waals surface area contributed by atoms with Gasteiger partial charge in [-0.15, -0.1) is 0 Å². The Morgan fingerprint density at radius 3 is 2.11 bits per heavy atom. The largest absolute Gasteiger partial charge is 0.432 e. The molecule has 0 saturated heterocycles. The number of thiocarbonyl (C=S) groups is 1. The minimum atomic E-state index is -0.178. The van der Waals surface area contributed by atoms with Crippen LogP contribution in [0.4, 0.5) is 5.69 Å². The predicted molar refractivity (Wildman–Crippen MR) is 128 cm³/mol. The molecule has 0 aliphatic carbocycles. The minimum Gasteiger partial charge on any atom is -0.432 e. The zero-order chi connectivity index (χ0) is 20.9. The molecular formula is C22H27IN2O2S. The fourth-order valence-corrected chi connectivity index (χ4v) is 3.92. The maximum Gasteiger partial charge on any atom is 0.262 e. The van der Waals surface area contributed by atoms with Crippen molar-refractivity contribution in [1.29, 1.82) is 0 Å². The van der Waals surface area contributed by atoms with E-state index < -0.39 is 0 Å². The first-order valence-electron chi connectivity index (χ1n) is 9.11. The number of halogens is 1. The Bertz CT molecular complexity index is 825. The molecule has 0 spiro atoms. The smallest absolute Gasteiger partial charge is 0.262 e. The topological polar surface area (TPSA) is 50.4 Å². The summed E-state index contributed by atoms with van der Waals surface area (Å²) in [6, 6.07) is 14.6. The van der Waals surface area contributed by atoms with Gasteiger partial charge >= 0.3 is 0 Å². The van der Waals surface area contributed by atoms with Crippen LogP contribution < -0.4 is 15.4 Å². The van der Waals surface area contributed by atoms with Gasteiger partial charge in [0.1, 0.15) is 5.75 Å². The first kappa shape index (κ1) is 22.6. The molecular weight excluding hydrogens is 483 g/mol. The van der Waals surface area contributed by atoms with Crippen molar-refractivity contribution in [2.75, 3.05) is 5.32 Å². The summed E-state index contributed by atoms with van der Waals surface area (Å²) in [6.45, 7) is 10.8. The summed E-state index contributed by atoms with van der Waals surface area (Å²) in [5, 5.41) is 6.47. The lowest BCUT2D eigenvalue weighted by atomic mass is 9.82. The Hall–Kier alpha value is -1.67. The van der Waals surface area contributed by atoms with E-state index in [0.29, 0.717) is 16.5 Å². The fourth-order valence-electron chi connectivity index (χ4n) is 3.19. The quantitative estimate of drug-likeness (QED) is 0.382. The summed E-state index contributed by atoms with van der Waals surface area (Å²) in [5.41, 5.74) is 1.32. The zero-order valence-corrected chi connectivity index (χ0v) is 19.9. The predicted octanol–water partition coefficient (Wildman–Crippen LogP) is 6.01. The van der Waals surface area contributed by atoms with Crippen LogP contribution in [0.5, 0.6) is 5.75 Å². The number of rotatable bonds is 5. The van der Waals surface area contributed by atoms with Gasteiger partial charge in [-0.25, -0.2) is 0 Å². The molecule has 0 aliphatic rings. The standard InChI is InChI=1S/C22H27IN2O2S/c1-21(2,3)14-22(4,5)25-20(28)27-18-12-6-15(7-13-18)19(26)24-17-10-8-16(23)9-11-17/h6-13H,14H2,1-5H3,(H,24,26)(H,25,28). The van der Waals surface area contributed by atoms with Crippen molar-refractivity contribution in [2.24, 2.45) is 5.41 Å².